The minimum atomic E-state index is -1.44. The maximum atomic E-state index is 13.2. The molecule has 0 saturated heterocycles. The van der Waals surface area contributed by atoms with Crippen molar-refractivity contribution in [2.75, 3.05) is 11.1 Å². The van der Waals surface area contributed by atoms with Crippen LogP contribution >= 0.6 is 11.8 Å². The van der Waals surface area contributed by atoms with Crippen LogP contribution in [0.3, 0.4) is 0 Å². The van der Waals surface area contributed by atoms with Gasteiger partial charge in [-0.05, 0) is 29.8 Å². The van der Waals surface area contributed by atoms with Crippen molar-refractivity contribution in [1.82, 2.24) is 0 Å². The molecule has 0 aliphatic rings. The van der Waals surface area contributed by atoms with Gasteiger partial charge in [0.05, 0.1) is 0 Å². The number of rotatable bonds is 6. The first-order chi connectivity index (χ1) is 10.1. The Morgan fingerprint density at radius 1 is 1.10 bits per heavy atom. The van der Waals surface area contributed by atoms with E-state index in [-0.39, 0.29) is 6.54 Å². The quantitative estimate of drug-likeness (QED) is 0.458. The maximum absolute atomic E-state index is 13.2. The third kappa shape index (κ3) is 4.04. The van der Waals surface area contributed by atoms with Crippen LogP contribution in [0.5, 0.6) is 0 Å². The monoisotopic (exact) mass is 309 g/mol. The highest BCUT2D eigenvalue weighted by molar-refractivity contribution is 7.99. The van der Waals surface area contributed by atoms with Gasteiger partial charge in [0, 0.05) is 22.9 Å². The van der Waals surface area contributed by atoms with Gasteiger partial charge in [0.25, 0.3) is 0 Å². The average molecular weight is 309 g/mol. The van der Waals surface area contributed by atoms with E-state index < -0.39 is 17.5 Å². The zero-order valence-electron chi connectivity index (χ0n) is 11.2. The van der Waals surface area contributed by atoms with Crippen molar-refractivity contribution in [1.29, 1.82) is 0 Å². The number of nitrogens with one attached hydrogen (secondary N) is 1. The molecule has 110 valence electrons. The van der Waals surface area contributed by atoms with E-state index in [2.05, 4.69) is 11.9 Å². The molecule has 0 spiro atoms. The molecule has 21 heavy (non-hydrogen) atoms. The summed E-state index contributed by atoms with van der Waals surface area (Å²) in [6.07, 6.45) is 1.80. The summed E-state index contributed by atoms with van der Waals surface area (Å²) in [6.45, 7) is 3.87. The van der Waals surface area contributed by atoms with Gasteiger partial charge in [-0.25, -0.2) is 13.2 Å². The lowest BCUT2D eigenvalue weighted by atomic mass is 10.2. The zero-order chi connectivity index (χ0) is 15.2. The van der Waals surface area contributed by atoms with Gasteiger partial charge in [0.15, 0.2) is 17.5 Å². The predicted octanol–water partition coefficient (Wildman–Crippen LogP) is 4.99. The van der Waals surface area contributed by atoms with Crippen LogP contribution < -0.4 is 5.32 Å². The molecule has 2 aromatic carbocycles. The average Bonchev–Trinajstić information content (AvgIpc) is 2.49. The third-order valence-corrected chi connectivity index (χ3v) is 3.84. The van der Waals surface area contributed by atoms with Crippen molar-refractivity contribution in [2.45, 2.75) is 11.4 Å². The van der Waals surface area contributed by atoms with Crippen LogP contribution in [0, 0.1) is 17.5 Å². The molecule has 0 bridgehead atoms. The molecule has 0 atom stereocenters. The number of thioether (sulfide) groups is 1. The fourth-order valence-electron chi connectivity index (χ4n) is 1.79. The molecule has 0 saturated carbocycles. The molecule has 0 fully saturated rings. The SMILES string of the molecule is C=CCSc1ccccc1NCc1cc(F)c(F)c(F)c1. The lowest BCUT2D eigenvalue weighted by Gasteiger charge is -2.11. The Bertz CT molecular complexity index is 620. The molecule has 5 heteroatoms. The predicted molar refractivity (Wildman–Crippen MR) is 81.0 cm³/mol. The minimum Gasteiger partial charge on any atom is -0.380 e. The van der Waals surface area contributed by atoms with Crippen LogP contribution in [0.15, 0.2) is 53.9 Å². The second-order valence-electron chi connectivity index (χ2n) is 4.32. The Morgan fingerprint density at radius 3 is 2.43 bits per heavy atom. The molecule has 0 aromatic heterocycles. The van der Waals surface area contributed by atoms with E-state index >= 15 is 0 Å². The van der Waals surface area contributed by atoms with Crippen molar-refractivity contribution in [3.63, 3.8) is 0 Å². The fourth-order valence-corrected chi connectivity index (χ4v) is 2.56. The Morgan fingerprint density at radius 2 is 1.76 bits per heavy atom. The Labute approximate surface area is 125 Å². The standard InChI is InChI=1S/C16H14F3NS/c1-2-7-21-15-6-4-3-5-14(15)20-10-11-8-12(17)16(19)13(18)9-11/h2-6,8-9,20H,1,7,10H2. The van der Waals surface area contributed by atoms with Crippen molar-refractivity contribution in [3.05, 3.63) is 72.1 Å². The molecule has 1 nitrogen and oxygen atoms in total. The number of halogens is 3. The van der Waals surface area contributed by atoms with Crippen molar-refractivity contribution in [3.8, 4) is 0 Å². The van der Waals surface area contributed by atoms with Gasteiger partial charge >= 0.3 is 0 Å². The summed E-state index contributed by atoms with van der Waals surface area (Å²) >= 11 is 1.60. The maximum Gasteiger partial charge on any atom is 0.194 e. The molecular formula is C16H14F3NS. The molecule has 0 aliphatic carbocycles. The minimum absolute atomic E-state index is 0.208. The summed E-state index contributed by atoms with van der Waals surface area (Å²) in [5, 5.41) is 3.10. The first kappa shape index (κ1) is 15.5. The Balaban J connectivity index is 2.11. The molecule has 0 radical (unpaired) electrons. The number of benzene rings is 2. The number of hydrogen-bond acceptors (Lipinski definition) is 2. The first-order valence-electron chi connectivity index (χ1n) is 6.32. The van der Waals surface area contributed by atoms with Gasteiger partial charge in [-0.2, -0.15) is 0 Å². The van der Waals surface area contributed by atoms with E-state index in [1.807, 2.05) is 24.3 Å². The van der Waals surface area contributed by atoms with Gasteiger partial charge in [-0.3, -0.25) is 0 Å². The molecule has 1 N–H and O–H groups in total. The van der Waals surface area contributed by atoms with Gasteiger partial charge in [0.1, 0.15) is 0 Å². The number of anilines is 1. The summed E-state index contributed by atoms with van der Waals surface area (Å²) < 4.78 is 39.2. The Hall–Kier alpha value is -1.88. The highest BCUT2D eigenvalue weighted by Crippen LogP contribution is 2.27. The fraction of sp³-hybridized carbons (Fsp3) is 0.125. The summed E-state index contributed by atoms with van der Waals surface area (Å²) in [6, 6.07) is 9.58. The smallest absolute Gasteiger partial charge is 0.194 e. The largest absolute Gasteiger partial charge is 0.380 e. The number of para-hydroxylation sites is 1. The molecule has 0 heterocycles. The van der Waals surface area contributed by atoms with Crippen molar-refractivity contribution in [2.24, 2.45) is 0 Å². The topological polar surface area (TPSA) is 12.0 Å². The molecule has 2 rings (SSSR count). The van der Waals surface area contributed by atoms with Gasteiger partial charge in [-0.1, -0.05) is 18.2 Å². The van der Waals surface area contributed by atoms with Crippen LogP contribution in [0.4, 0.5) is 18.9 Å². The van der Waals surface area contributed by atoms with Crippen LogP contribution in [0.1, 0.15) is 5.56 Å². The summed E-state index contributed by atoms with van der Waals surface area (Å²) in [5.41, 5.74) is 1.20. The second-order valence-corrected chi connectivity index (χ2v) is 5.38. The highest BCUT2D eigenvalue weighted by Gasteiger charge is 2.10. The second kappa shape index (κ2) is 7.22. The van der Waals surface area contributed by atoms with Gasteiger partial charge in [0.2, 0.25) is 0 Å². The summed E-state index contributed by atoms with van der Waals surface area (Å²) in [4.78, 5) is 1.01. The molecule has 0 unspecified atom stereocenters. The van der Waals surface area contributed by atoms with Crippen LogP contribution in [0.25, 0.3) is 0 Å². The lowest BCUT2D eigenvalue weighted by molar-refractivity contribution is 0.445. The van der Waals surface area contributed by atoms with Crippen molar-refractivity contribution < 1.29 is 13.2 Å². The van der Waals surface area contributed by atoms with Crippen LogP contribution in [-0.2, 0) is 6.54 Å². The third-order valence-electron chi connectivity index (χ3n) is 2.77. The summed E-state index contributed by atoms with van der Waals surface area (Å²) in [7, 11) is 0. The number of hydrogen-bond donors (Lipinski definition) is 1. The molecule has 2 aromatic rings. The van der Waals surface area contributed by atoms with Gasteiger partial charge in [-0.15, -0.1) is 18.3 Å². The molecule has 0 amide bonds. The van der Waals surface area contributed by atoms with E-state index in [4.69, 9.17) is 0 Å². The van der Waals surface area contributed by atoms with Crippen molar-refractivity contribution >= 4 is 17.4 Å². The van der Waals surface area contributed by atoms with E-state index in [0.29, 0.717) is 5.56 Å². The van der Waals surface area contributed by atoms with E-state index in [0.717, 1.165) is 28.5 Å². The normalized spacial score (nSPS) is 10.4. The van der Waals surface area contributed by atoms with Crippen LogP contribution in [0.2, 0.25) is 0 Å². The molecular weight excluding hydrogens is 295 g/mol. The van der Waals surface area contributed by atoms with E-state index in [1.54, 1.807) is 17.8 Å². The summed E-state index contributed by atoms with van der Waals surface area (Å²) in [5.74, 6) is -3.04. The zero-order valence-corrected chi connectivity index (χ0v) is 12.0. The van der Waals surface area contributed by atoms with E-state index in [9.17, 15) is 13.2 Å². The lowest BCUT2D eigenvalue weighted by Crippen LogP contribution is -2.03. The van der Waals surface area contributed by atoms with Crippen LogP contribution in [-0.4, -0.2) is 5.75 Å². The Kier molecular flexibility index (Phi) is 5.33. The molecule has 0 aliphatic heterocycles. The highest BCUT2D eigenvalue weighted by atomic mass is 32.2. The van der Waals surface area contributed by atoms with Gasteiger partial charge < -0.3 is 5.32 Å². The first-order valence-corrected chi connectivity index (χ1v) is 7.30. The van der Waals surface area contributed by atoms with E-state index in [1.165, 1.54) is 0 Å².